The van der Waals surface area contributed by atoms with Crippen molar-refractivity contribution in [2.75, 3.05) is 0 Å². The Morgan fingerprint density at radius 2 is 1.28 bits per heavy atom. The van der Waals surface area contributed by atoms with Crippen LogP contribution in [0, 0.1) is 6.92 Å². The topological polar surface area (TPSA) is 40.9 Å². The van der Waals surface area contributed by atoms with Crippen molar-refractivity contribution in [2.45, 2.75) is 20.0 Å². The Balaban J connectivity index is 0. The largest absolute Gasteiger partial charge is 4.00 e. The van der Waals surface area contributed by atoms with Gasteiger partial charge in [-0.05, 0) is 12.5 Å². The summed E-state index contributed by atoms with van der Waals surface area (Å²) in [5.74, 6) is -0.622. The van der Waals surface area contributed by atoms with Crippen molar-refractivity contribution < 1.29 is 51.3 Å². The standard InChI is InChI=1S/C13H9.C8H9NO.C2H6Si.2ClH.Ti/c1-3-7-12-10(5-1)9-11-6-2-4-8-13(11)12;1-6-3-2-4-7(5-6)8(9)10;1-3-2;;;/h1-9H;2-5H,1H3,(H2,9,10);1-2H3;2*1H;/q-1;;;;;+4/p-3. The number of fused-ring (bicyclic) bond motifs is 3. The van der Waals surface area contributed by atoms with Crippen LogP contribution in [0.25, 0.3) is 27.3 Å². The minimum atomic E-state index is -0.622. The quantitative estimate of drug-likeness (QED) is 0.295. The fraction of sp³-hybridized carbons (Fsp3) is 0.130. The molecule has 148 valence electrons. The van der Waals surface area contributed by atoms with E-state index in [0.29, 0.717) is 5.56 Å². The molecule has 0 aliphatic heterocycles. The zero-order valence-electron chi connectivity index (χ0n) is 16.7. The van der Waals surface area contributed by atoms with Crippen LogP contribution in [0.3, 0.4) is 0 Å². The van der Waals surface area contributed by atoms with Crippen molar-refractivity contribution in [2.24, 2.45) is 0 Å². The Hall–Kier alpha value is -1.49. The number of rotatable bonds is 1. The zero-order valence-corrected chi connectivity index (χ0v) is 20.7. The maximum absolute atomic E-state index is 10.5. The first-order valence-electron chi connectivity index (χ1n) is 8.51. The average Bonchev–Trinajstić information content (AvgIpc) is 3.02. The van der Waals surface area contributed by atoms with E-state index >= 15 is 0 Å². The Labute approximate surface area is 203 Å². The van der Waals surface area contributed by atoms with Crippen LogP contribution < -0.4 is 24.8 Å². The van der Waals surface area contributed by atoms with Gasteiger partial charge >= 0.3 is 21.7 Å². The van der Waals surface area contributed by atoms with Crippen molar-refractivity contribution in [3.8, 4) is 0 Å². The van der Waals surface area contributed by atoms with Gasteiger partial charge in [0, 0.05) is 9.52 Å². The monoisotopic (exact) mass is 475 g/mol. The van der Waals surface area contributed by atoms with Gasteiger partial charge in [0.1, 0.15) is 0 Å². The number of halogens is 2. The van der Waals surface area contributed by atoms with Gasteiger partial charge in [0.25, 0.3) is 0 Å². The fourth-order valence-electron chi connectivity index (χ4n) is 2.69. The maximum Gasteiger partial charge on any atom is 4.00 e. The van der Waals surface area contributed by atoms with E-state index in [2.05, 4.69) is 67.7 Å². The molecule has 0 bridgehead atoms. The number of benzene rings is 3. The predicted molar refractivity (Wildman–Crippen MR) is 114 cm³/mol. The first-order valence-corrected chi connectivity index (χ1v) is 10.5. The SMILES string of the molecule is C[Si]C.Cc1cccc(C([NH-])=O)c1.[Cl-].[Cl-].[Ti+4].c1ccc2c(c1)[cH-]c1ccccc12. The number of hydrogen-bond acceptors (Lipinski definition) is 1. The molecular formula is C23H23Cl2NOSiTi. The second-order valence-corrected chi connectivity index (χ2v) is 7.02. The molecule has 29 heavy (non-hydrogen) atoms. The van der Waals surface area contributed by atoms with Crippen molar-refractivity contribution in [1.29, 1.82) is 0 Å². The molecular weight excluding hydrogens is 453 g/mol. The third kappa shape index (κ3) is 8.81. The van der Waals surface area contributed by atoms with Gasteiger partial charge in [-0.2, -0.15) is 0 Å². The van der Waals surface area contributed by atoms with E-state index in [0.717, 1.165) is 15.1 Å². The molecule has 1 amide bonds. The van der Waals surface area contributed by atoms with Crippen LogP contribution in [0.2, 0.25) is 13.1 Å². The molecule has 0 saturated carbocycles. The molecule has 2 radical (unpaired) electrons. The van der Waals surface area contributed by atoms with Gasteiger partial charge in [-0.3, -0.25) is 0 Å². The molecule has 0 aliphatic carbocycles. The van der Waals surface area contributed by atoms with E-state index in [1.54, 1.807) is 18.2 Å². The molecule has 4 aromatic carbocycles. The minimum Gasteiger partial charge on any atom is -1.00 e. The molecule has 0 atom stereocenters. The Bertz CT molecular complexity index is 954. The predicted octanol–water partition coefficient (Wildman–Crippen LogP) is 0.692. The average molecular weight is 476 g/mol. The molecule has 1 N–H and O–H groups in total. The molecule has 4 aromatic rings. The second-order valence-electron chi connectivity index (χ2n) is 6.02. The smallest absolute Gasteiger partial charge is 1.00 e. The van der Waals surface area contributed by atoms with Crippen molar-refractivity contribution >= 4 is 37.0 Å². The van der Waals surface area contributed by atoms with Crippen LogP contribution in [0.1, 0.15) is 15.9 Å². The Kier molecular flexibility index (Phi) is 15.7. The first-order chi connectivity index (χ1) is 12.6. The third-order valence-corrected chi connectivity index (χ3v) is 3.80. The summed E-state index contributed by atoms with van der Waals surface area (Å²) in [6.07, 6.45) is 0. The molecule has 0 aliphatic rings. The summed E-state index contributed by atoms with van der Waals surface area (Å²) in [6, 6.07) is 26.3. The van der Waals surface area contributed by atoms with Gasteiger partial charge < -0.3 is 35.3 Å². The van der Waals surface area contributed by atoms with Gasteiger partial charge in [-0.15, -0.1) is 39.7 Å². The summed E-state index contributed by atoms with van der Waals surface area (Å²) >= 11 is 0. The number of carbonyl (C=O) groups excluding carboxylic acids is 1. The van der Waals surface area contributed by atoms with Gasteiger partial charge in [-0.1, -0.05) is 79.3 Å². The number of nitrogens with one attached hydrogen (secondary N) is 1. The van der Waals surface area contributed by atoms with E-state index in [-0.39, 0.29) is 46.5 Å². The fourth-order valence-corrected chi connectivity index (χ4v) is 2.69. The molecule has 0 unspecified atom stereocenters. The molecule has 0 heterocycles. The van der Waals surface area contributed by atoms with Gasteiger partial charge in [0.2, 0.25) is 0 Å². The summed E-state index contributed by atoms with van der Waals surface area (Å²) in [7, 11) is 1.08. The van der Waals surface area contributed by atoms with E-state index < -0.39 is 5.91 Å². The zero-order chi connectivity index (χ0) is 18.9. The first kappa shape index (κ1) is 29.7. The van der Waals surface area contributed by atoms with Crippen molar-refractivity contribution in [3.63, 3.8) is 0 Å². The number of hydrogen-bond donors (Lipinski definition) is 0. The van der Waals surface area contributed by atoms with Gasteiger partial charge in [0.05, 0.1) is 5.91 Å². The third-order valence-electron chi connectivity index (χ3n) is 3.80. The summed E-state index contributed by atoms with van der Waals surface area (Å²) in [5, 5.41) is 5.39. The number of aryl methyl sites for hydroxylation is 1. The van der Waals surface area contributed by atoms with Crippen LogP contribution in [0.15, 0.2) is 78.9 Å². The molecule has 4 rings (SSSR count). The number of carbonyl (C=O) groups is 1. The van der Waals surface area contributed by atoms with Crippen molar-refractivity contribution in [1.82, 2.24) is 0 Å². The molecule has 0 spiro atoms. The van der Waals surface area contributed by atoms with Crippen LogP contribution in [0.4, 0.5) is 0 Å². The van der Waals surface area contributed by atoms with Gasteiger partial charge in [0.15, 0.2) is 0 Å². The van der Waals surface area contributed by atoms with Crippen LogP contribution in [-0.2, 0) is 21.7 Å². The van der Waals surface area contributed by atoms with Gasteiger partial charge in [-0.25, -0.2) is 0 Å². The molecule has 0 saturated heterocycles. The van der Waals surface area contributed by atoms with Crippen molar-refractivity contribution in [3.05, 3.63) is 95.7 Å². The Morgan fingerprint density at radius 1 is 0.828 bits per heavy atom. The van der Waals surface area contributed by atoms with E-state index in [9.17, 15) is 4.79 Å². The molecule has 0 fully saturated rings. The molecule has 2 nitrogen and oxygen atoms in total. The molecule has 0 aromatic heterocycles. The van der Waals surface area contributed by atoms with E-state index in [4.69, 9.17) is 5.73 Å². The molecule has 6 heteroatoms. The van der Waals surface area contributed by atoms with E-state index in [1.807, 2.05) is 13.0 Å². The summed E-state index contributed by atoms with van der Waals surface area (Å²) in [5.41, 5.74) is 8.25. The normalized spacial score (nSPS) is 8.79. The minimum absolute atomic E-state index is 0. The van der Waals surface area contributed by atoms with E-state index in [1.165, 1.54) is 21.5 Å². The van der Waals surface area contributed by atoms with Crippen LogP contribution >= 0.6 is 0 Å². The summed E-state index contributed by atoms with van der Waals surface area (Å²) in [4.78, 5) is 10.5. The summed E-state index contributed by atoms with van der Waals surface area (Å²) < 4.78 is 0. The maximum atomic E-state index is 10.5. The van der Waals surface area contributed by atoms with Crippen LogP contribution in [-0.4, -0.2) is 15.4 Å². The Morgan fingerprint density at radius 3 is 1.66 bits per heavy atom. The van der Waals surface area contributed by atoms with Crippen LogP contribution in [0.5, 0.6) is 0 Å². The second kappa shape index (κ2) is 15.4. The number of amides is 1. The summed E-state index contributed by atoms with van der Waals surface area (Å²) in [6.45, 7) is 6.20.